The summed E-state index contributed by atoms with van der Waals surface area (Å²) in [4.78, 5) is 45.0. The van der Waals surface area contributed by atoms with E-state index in [4.69, 9.17) is 0 Å². The van der Waals surface area contributed by atoms with E-state index in [1.165, 1.54) is 0 Å². The average Bonchev–Trinajstić information content (AvgIpc) is 2.75. The summed E-state index contributed by atoms with van der Waals surface area (Å²) in [7, 11) is 0. The van der Waals surface area contributed by atoms with Gasteiger partial charge in [0.05, 0.1) is 24.2 Å². The highest BCUT2D eigenvalue weighted by Gasteiger charge is 2.44. The van der Waals surface area contributed by atoms with E-state index in [9.17, 15) is 19.2 Å². The Morgan fingerprint density at radius 2 is 1.61 bits per heavy atom. The van der Waals surface area contributed by atoms with Gasteiger partial charge in [-0.1, -0.05) is 6.92 Å². The molecule has 0 N–H and O–H groups in total. The van der Waals surface area contributed by atoms with Crippen molar-refractivity contribution in [3.63, 3.8) is 0 Å². The number of cyclic esters (lactones) is 4. The van der Waals surface area contributed by atoms with Crippen LogP contribution in [0.3, 0.4) is 0 Å². The topological polar surface area (TPSA) is 86.7 Å². The Labute approximate surface area is 104 Å². The Hall–Kier alpha value is -1.72. The summed E-state index contributed by atoms with van der Waals surface area (Å²) in [6, 6.07) is 0. The summed E-state index contributed by atoms with van der Waals surface area (Å²) in [6.45, 7) is 1.81. The van der Waals surface area contributed by atoms with E-state index in [2.05, 4.69) is 9.47 Å². The molecule has 0 aliphatic carbocycles. The summed E-state index contributed by atoms with van der Waals surface area (Å²) in [5.74, 6) is -3.48. The highest BCUT2D eigenvalue weighted by Crippen LogP contribution is 2.33. The molecule has 2 saturated heterocycles. The maximum absolute atomic E-state index is 11.5. The van der Waals surface area contributed by atoms with Gasteiger partial charge >= 0.3 is 23.9 Å². The molecule has 0 bridgehead atoms. The zero-order valence-corrected chi connectivity index (χ0v) is 10.0. The molecule has 6 heteroatoms. The van der Waals surface area contributed by atoms with Gasteiger partial charge in [-0.05, 0) is 19.3 Å². The van der Waals surface area contributed by atoms with E-state index < -0.39 is 41.6 Å². The maximum Gasteiger partial charge on any atom is 0.317 e. The molecule has 0 amide bonds. The van der Waals surface area contributed by atoms with Gasteiger partial charge < -0.3 is 9.47 Å². The Morgan fingerprint density at radius 1 is 0.944 bits per heavy atom. The third-order valence-corrected chi connectivity index (χ3v) is 3.52. The van der Waals surface area contributed by atoms with Crippen molar-refractivity contribution in [3.05, 3.63) is 0 Å². The largest absolute Gasteiger partial charge is 0.393 e. The molecule has 0 aromatic rings. The van der Waals surface area contributed by atoms with Gasteiger partial charge in [0, 0.05) is 0 Å². The molecular formula is C12H14O6. The summed E-state index contributed by atoms with van der Waals surface area (Å²) >= 11 is 0. The molecule has 18 heavy (non-hydrogen) atoms. The molecule has 2 rings (SSSR count). The highest BCUT2D eigenvalue weighted by molar-refractivity contribution is 5.96. The number of hydrogen-bond donors (Lipinski definition) is 0. The van der Waals surface area contributed by atoms with Crippen molar-refractivity contribution in [2.24, 2.45) is 17.8 Å². The van der Waals surface area contributed by atoms with Crippen molar-refractivity contribution in [2.45, 2.75) is 32.6 Å². The minimum absolute atomic E-state index is 0.0609. The number of carbonyl (C=O) groups excluding carboxylic acids is 4. The van der Waals surface area contributed by atoms with E-state index in [1.54, 1.807) is 0 Å². The lowest BCUT2D eigenvalue weighted by atomic mass is 9.86. The molecule has 3 atom stereocenters. The minimum atomic E-state index is -0.536. The fourth-order valence-electron chi connectivity index (χ4n) is 2.47. The van der Waals surface area contributed by atoms with Crippen LogP contribution in [0, 0.1) is 17.8 Å². The summed E-state index contributed by atoms with van der Waals surface area (Å²) < 4.78 is 9.01. The van der Waals surface area contributed by atoms with Crippen LogP contribution in [0.15, 0.2) is 0 Å². The quantitative estimate of drug-likeness (QED) is 0.538. The van der Waals surface area contributed by atoms with Crippen molar-refractivity contribution in [1.29, 1.82) is 0 Å². The fraction of sp³-hybridized carbons (Fsp3) is 0.667. The van der Waals surface area contributed by atoms with Gasteiger partial charge in [-0.2, -0.15) is 0 Å². The third kappa shape index (κ3) is 2.27. The van der Waals surface area contributed by atoms with Gasteiger partial charge in [0.2, 0.25) is 0 Å². The highest BCUT2D eigenvalue weighted by atomic mass is 16.6. The molecule has 0 saturated carbocycles. The minimum Gasteiger partial charge on any atom is -0.393 e. The maximum atomic E-state index is 11.5. The lowest BCUT2D eigenvalue weighted by molar-refractivity contribution is -0.155. The van der Waals surface area contributed by atoms with Gasteiger partial charge in [0.1, 0.15) is 0 Å². The van der Waals surface area contributed by atoms with Gasteiger partial charge in [-0.25, -0.2) is 0 Å². The molecular weight excluding hydrogens is 240 g/mol. The van der Waals surface area contributed by atoms with Crippen LogP contribution in [0.1, 0.15) is 32.6 Å². The van der Waals surface area contributed by atoms with Crippen molar-refractivity contribution < 1.29 is 28.7 Å². The van der Waals surface area contributed by atoms with Crippen LogP contribution < -0.4 is 0 Å². The van der Waals surface area contributed by atoms with E-state index in [-0.39, 0.29) is 6.42 Å². The van der Waals surface area contributed by atoms with Gasteiger partial charge in [-0.3, -0.25) is 19.2 Å². The summed E-state index contributed by atoms with van der Waals surface area (Å²) in [6.07, 6.45) is 1.33. The first kappa shape index (κ1) is 12.7. The predicted molar refractivity (Wildman–Crippen MR) is 56.8 cm³/mol. The Kier molecular flexibility index (Phi) is 3.45. The number of ether oxygens (including phenoxy) is 2. The average molecular weight is 254 g/mol. The van der Waals surface area contributed by atoms with Gasteiger partial charge in [0.25, 0.3) is 0 Å². The Balaban J connectivity index is 1.93. The van der Waals surface area contributed by atoms with Crippen LogP contribution in [0.5, 0.6) is 0 Å². The molecule has 2 aliphatic heterocycles. The standard InChI is InChI=1S/C12H14O6/c1-2-7-8(12(16)18-11(7)15)4-3-6-5-9(13)17-10(6)14/h6-8H,2-5H2,1H3. The molecule has 6 nitrogen and oxygen atoms in total. The number of rotatable bonds is 4. The first-order valence-corrected chi connectivity index (χ1v) is 6.03. The lowest BCUT2D eigenvalue weighted by Gasteiger charge is -2.12. The van der Waals surface area contributed by atoms with E-state index in [0.717, 1.165) is 0 Å². The SMILES string of the molecule is CCC1C(=O)OC(=O)C1CCC1CC(=O)OC1=O. The zero-order chi connectivity index (χ0) is 13.3. The van der Waals surface area contributed by atoms with Crippen molar-refractivity contribution >= 4 is 23.9 Å². The second kappa shape index (κ2) is 4.88. The van der Waals surface area contributed by atoms with Crippen LogP contribution in [0.4, 0.5) is 0 Å². The van der Waals surface area contributed by atoms with Crippen molar-refractivity contribution in [2.75, 3.05) is 0 Å². The smallest absolute Gasteiger partial charge is 0.317 e. The normalized spacial score (nSPS) is 31.7. The van der Waals surface area contributed by atoms with Gasteiger partial charge in [-0.15, -0.1) is 0 Å². The Morgan fingerprint density at radius 3 is 2.17 bits per heavy atom. The molecule has 2 heterocycles. The van der Waals surface area contributed by atoms with Crippen LogP contribution in [-0.2, 0) is 28.7 Å². The number of esters is 4. The Bertz CT molecular complexity index is 413. The number of hydrogen-bond acceptors (Lipinski definition) is 6. The predicted octanol–water partition coefficient (Wildman–Crippen LogP) is 0.582. The third-order valence-electron chi connectivity index (χ3n) is 3.52. The first-order chi connectivity index (χ1) is 8.52. The van der Waals surface area contributed by atoms with Gasteiger partial charge in [0.15, 0.2) is 0 Å². The second-order valence-corrected chi connectivity index (χ2v) is 4.63. The van der Waals surface area contributed by atoms with Crippen molar-refractivity contribution in [1.82, 2.24) is 0 Å². The summed E-state index contributed by atoms with van der Waals surface area (Å²) in [5, 5.41) is 0. The molecule has 98 valence electrons. The molecule has 0 spiro atoms. The molecule has 2 aliphatic rings. The van der Waals surface area contributed by atoms with Crippen molar-refractivity contribution in [3.8, 4) is 0 Å². The second-order valence-electron chi connectivity index (χ2n) is 4.63. The lowest BCUT2D eigenvalue weighted by Crippen LogP contribution is -2.19. The first-order valence-electron chi connectivity index (χ1n) is 6.03. The number of carbonyl (C=O) groups is 4. The van der Waals surface area contributed by atoms with Crippen LogP contribution in [0.2, 0.25) is 0 Å². The molecule has 3 unspecified atom stereocenters. The summed E-state index contributed by atoms with van der Waals surface area (Å²) in [5.41, 5.74) is 0. The molecule has 0 aromatic heterocycles. The molecule has 2 fully saturated rings. The fourth-order valence-corrected chi connectivity index (χ4v) is 2.47. The van der Waals surface area contributed by atoms with E-state index in [0.29, 0.717) is 19.3 Å². The monoisotopic (exact) mass is 254 g/mol. The van der Waals surface area contributed by atoms with Crippen LogP contribution >= 0.6 is 0 Å². The van der Waals surface area contributed by atoms with E-state index in [1.807, 2.05) is 6.92 Å². The molecule has 0 aromatic carbocycles. The van der Waals surface area contributed by atoms with Crippen LogP contribution in [-0.4, -0.2) is 23.9 Å². The zero-order valence-electron chi connectivity index (χ0n) is 10.0. The van der Waals surface area contributed by atoms with E-state index >= 15 is 0 Å². The molecule has 0 radical (unpaired) electrons. The van der Waals surface area contributed by atoms with Crippen LogP contribution in [0.25, 0.3) is 0 Å².